The summed E-state index contributed by atoms with van der Waals surface area (Å²) in [5, 5.41) is 12.0. The summed E-state index contributed by atoms with van der Waals surface area (Å²) in [6.45, 7) is 9.42. The van der Waals surface area contributed by atoms with Gasteiger partial charge in [-0.15, -0.1) is 0 Å². The first-order valence-electron chi connectivity index (χ1n) is 11.8. The van der Waals surface area contributed by atoms with Crippen LogP contribution in [0, 0.1) is 11.3 Å². The van der Waals surface area contributed by atoms with Crippen molar-refractivity contribution in [2.24, 2.45) is 0 Å². The zero-order valence-electron chi connectivity index (χ0n) is 20.8. The molecule has 0 unspecified atom stereocenters. The number of nitrogens with zero attached hydrogens (tertiary/aromatic N) is 1. The molecule has 2 aromatic carbocycles. The maximum atomic E-state index is 12.2. The predicted molar refractivity (Wildman–Crippen MR) is 141 cm³/mol. The Balaban J connectivity index is 1.81. The Morgan fingerprint density at radius 1 is 1.11 bits per heavy atom. The second-order valence-electron chi connectivity index (χ2n) is 9.17. The Hall–Kier alpha value is -3.11. The van der Waals surface area contributed by atoms with E-state index in [0.29, 0.717) is 30.9 Å². The molecule has 0 bridgehead atoms. The summed E-state index contributed by atoms with van der Waals surface area (Å²) in [5.74, 6) is 0.396. The van der Waals surface area contributed by atoms with Crippen LogP contribution in [0.1, 0.15) is 64.5 Å². The first kappa shape index (κ1) is 28.1. The van der Waals surface area contributed by atoms with Crippen LogP contribution in [0.5, 0.6) is 11.5 Å². The van der Waals surface area contributed by atoms with Gasteiger partial charge in [0.15, 0.2) is 0 Å². The van der Waals surface area contributed by atoms with Gasteiger partial charge >= 0.3 is 5.97 Å². The Labute approximate surface area is 216 Å². The smallest absolute Gasteiger partial charge is 0.311 e. The molecule has 186 valence electrons. The van der Waals surface area contributed by atoms with Gasteiger partial charge in [-0.25, -0.2) is 0 Å². The fourth-order valence-corrected chi connectivity index (χ4v) is 3.58. The molecule has 7 heteroatoms. The van der Waals surface area contributed by atoms with Crippen LogP contribution >= 0.6 is 15.9 Å². The van der Waals surface area contributed by atoms with Crippen LogP contribution in [-0.4, -0.2) is 25.0 Å². The van der Waals surface area contributed by atoms with Crippen LogP contribution in [0.2, 0.25) is 0 Å². The highest BCUT2D eigenvalue weighted by Crippen LogP contribution is 2.31. The fraction of sp³-hybridized carbons (Fsp3) is 0.393. The first-order chi connectivity index (χ1) is 16.6. The number of esters is 1. The summed E-state index contributed by atoms with van der Waals surface area (Å²) in [6.07, 6.45) is 4.07. The number of nitrogens with one attached hydrogen (secondary N) is 1. The second kappa shape index (κ2) is 13.7. The molecule has 0 spiro atoms. The molecule has 0 aromatic heterocycles. The zero-order chi connectivity index (χ0) is 25.8. The van der Waals surface area contributed by atoms with Gasteiger partial charge in [0.2, 0.25) is 0 Å². The van der Waals surface area contributed by atoms with Crippen molar-refractivity contribution >= 4 is 33.9 Å². The minimum atomic E-state index is -0.393. The van der Waals surface area contributed by atoms with Crippen molar-refractivity contribution in [3.63, 3.8) is 0 Å². The summed E-state index contributed by atoms with van der Waals surface area (Å²) >= 11 is 3.55. The third-order valence-electron chi connectivity index (χ3n) is 5.18. The maximum Gasteiger partial charge on any atom is 0.311 e. The number of amides is 1. The van der Waals surface area contributed by atoms with E-state index in [9.17, 15) is 14.9 Å². The zero-order valence-corrected chi connectivity index (χ0v) is 22.4. The SMILES string of the molecule is CCCCNC(=O)/C(C#N)=C/c1ccc(OC(=O)CCCOc2ccc(C(C)(C)C)cc2Br)cc1. The Morgan fingerprint density at radius 2 is 1.83 bits per heavy atom. The highest BCUT2D eigenvalue weighted by atomic mass is 79.9. The summed E-state index contributed by atoms with van der Waals surface area (Å²) in [6, 6.07) is 14.6. The van der Waals surface area contributed by atoms with Crippen LogP contribution in [0.15, 0.2) is 52.5 Å². The molecule has 0 aliphatic heterocycles. The van der Waals surface area contributed by atoms with Crippen molar-refractivity contribution in [2.45, 2.75) is 58.8 Å². The van der Waals surface area contributed by atoms with E-state index in [1.165, 1.54) is 11.6 Å². The lowest BCUT2D eigenvalue weighted by atomic mass is 9.87. The van der Waals surface area contributed by atoms with E-state index in [-0.39, 0.29) is 23.4 Å². The molecule has 0 fully saturated rings. The number of benzene rings is 2. The number of unbranched alkanes of at least 4 members (excludes halogenated alkanes) is 1. The molecule has 0 saturated carbocycles. The molecule has 0 heterocycles. The topological polar surface area (TPSA) is 88.4 Å². The molecule has 0 radical (unpaired) electrons. The van der Waals surface area contributed by atoms with E-state index in [2.05, 4.69) is 48.1 Å². The molecular weight excluding hydrogens is 508 g/mol. The van der Waals surface area contributed by atoms with Gasteiger partial charge in [0.1, 0.15) is 23.1 Å². The minimum absolute atomic E-state index is 0.0329. The molecule has 1 N–H and O–H groups in total. The van der Waals surface area contributed by atoms with Crippen molar-refractivity contribution in [1.29, 1.82) is 5.26 Å². The predicted octanol–water partition coefficient (Wildman–Crippen LogP) is 6.33. The summed E-state index contributed by atoms with van der Waals surface area (Å²) in [5.41, 5.74) is 1.97. The van der Waals surface area contributed by atoms with Crippen LogP contribution in [0.3, 0.4) is 0 Å². The van der Waals surface area contributed by atoms with Gasteiger partial charge in [-0.2, -0.15) is 5.26 Å². The minimum Gasteiger partial charge on any atom is -0.492 e. The fourth-order valence-electron chi connectivity index (χ4n) is 3.09. The van der Waals surface area contributed by atoms with Gasteiger partial charge < -0.3 is 14.8 Å². The molecule has 2 aromatic rings. The van der Waals surface area contributed by atoms with E-state index in [1.54, 1.807) is 24.3 Å². The van der Waals surface area contributed by atoms with Gasteiger partial charge in [-0.05, 0) is 75.7 Å². The van der Waals surface area contributed by atoms with Crippen molar-refractivity contribution < 1.29 is 19.1 Å². The number of nitriles is 1. The number of ether oxygens (including phenoxy) is 2. The number of carbonyl (C=O) groups is 2. The number of hydrogen-bond acceptors (Lipinski definition) is 5. The molecule has 0 aliphatic carbocycles. The highest BCUT2D eigenvalue weighted by Gasteiger charge is 2.15. The second-order valence-corrected chi connectivity index (χ2v) is 10.0. The van der Waals surface area contributed by atoms with E-state index in [0.717, 1.165) is 23.1 Å². The van der Waals surface area contributed by atoms with Gasteiger partial charge in [0.25, 0.3) is 5.91 Å². The van der Waals surface area contributed by atoms with E-state index >= 15 is 0 Å². The molecule has 1 amide bonds. The standard InChI is InChI=1S/C28H33BrN2O4/c1-5-6-15-31-27(33)21(19-30)17-20-9-12-23(13-10-20)35-26(32)8-7-16-34-25-14-11-22(18-24(25)29)28(2,3)4/h9-14,17-18H,5-8,15-16H2,1-4H3,(H,31,33)/b21-17+. The van der Waals surface area contributed by atoms with E-state index < -0.39 is 5.91 Å². The van der Waals surface area contributed by atoms with Crippen LogP contribution in [-0.2, 0) is 15.0 Å². The Bertz CT molecular complexity index is 1080. The van der Waals surface area contributed by atoms with Crippen molar-refractivity contribution in [1.82, 2.24) is 5.32 Å². The van der Waals surface area contributed by atoms with Crippen molar-refractivity contribution in [2.75, 3.05) is 13.2 Å². The molecule has 6 nitrogen and oxygen atoms in total. The average Bonchev–Trinajstić information content (AvgIpc) is 2.81. The van der Waals surface area contributed by atoms with Crippen LogP contribution < -0.4 is 14.8 Å². The quantitative estimate of drug-likeness (QED) is 0.118. The molecule has 2 rings (SSSR count). The van der Waals surface area contributed by atoms with Crippen LogP contribution in [0.4, 0.5) is 0 Å². The van der Waals surface area contributed by atoms with Gasteiger partial charge in [-0.1, -0.05) is 52.3 Å². The number of halogens is 1. The summed E-state index contributed by atoms with van der Waals surface area (Å²) in [4.78, 5) is 24.2. The normalized spacial score (nSPS) is 11.5. The number of rotatable bonds is 11. The Kier molecular flexibility index (Phi) is 11.0. The molecule has 35 heavy (non-hydrogen) atoms. The van der Waals surface area contributed by atoms with Gasteiger partial charge in [-0.3, -0.25) is 9.59 Å². The monoisotopic (exact) mass is 540 g/mol. The maximum absolute atomic E-state index is 12.2. The largest absolute Gasteiger partial charge is 0.492 e. The summed E-state index contributed by atoms with van der Waals surface area (Å²) in [7, 11) is 0. The van der Waals surface area contributed by atoms with Gasteiger partial charge in [0.05, 0.1) is 11.1 Å². The molecular formula is C28H33BrN2O4. The average molecular weight is 541 g/mol. The number of hydrogen-bond donors (Lipinski definition) is 1. The van der Waals surface area contributed by atoms with E-state index in [1.807, 2.05) is 25.1 Å². The molecule has 0 aliphatic rings. The van der Waals surface area contributed by atoms with Crippen molar-refractivity contribution in [3.8, 4) is 17.6 Å². The van der Waals surface area contributed by atoms with Gasteiger partial charge in [0, 0.05) is 13.0 Å². The molecule has 0 atom stereocenters. The Morgan fingerprint density at radius 3 is 2.43 bits per heavy atom. The third-order valence-corrected chi connectivity index (χ3v) is 5.80. The number of carbonyl (C=O) groups excluding carboxylic acids is 2. The third kappa shape index (κ3) is 9.58. The first-order valence-corrected chi connectivity index (χ1v) is 12.6. The highest BCUT2D eigenvalue weighted by molar-refractivity contribution is 9.10. The van der Waals surface area contributed by atoms with E-state index in [4.69, 9.17) is 9.47 Å². The lowest BCUT2D eigenvalue weighted by molar-refractivity contribution is -0.134. The van der Waals surface area contributed by atoms with Crippen molar-refractivity contribution in [3.05, 3.63) is 63.6 Å². The lowest BCUT2D eigenvalue weighted by Gasteiger charge is -2.20. The molecule has 0 saturated heterocycles. The summed E-state index contributed by atoms with van der Waals surface area (Å²) < 4.78 is 12.1. The lowest BCUT2D eigenvalue weighted by Crippen LogP contribution is -2.25. The van der Waals surface area contributed by atoms with Crippen LogP contribution in [0.25, 0.3) is 6.08 Å².